The Labute approximate surface area is 101 Å². The Morgan fingerprint density at radius 1 is 1.25 bits per heavy atom. The Morgan fingerprint density at radius 2 is 1.88 bits per heavy atom. The highest BCUT2D eigenvalue weighted by molar-refractivity contribution is 6.31. The van der Waals surface area contributed by atoms with Crippen molar-refractivity contribution in [1.29, 1.82) is 0 Å². The van der Waals surface area contributed by atoms with Crippen LogP contribution in [0, 0.1) is 0 Å². The van der Waals surface area contributed by atoms with Gasteiger partial charge in [-0.2, -0.15) is 0 Å². The predicted octanol–water partition coefficient (Wildman–Crippen LogP) is 2.72. The summed E-state index contributed by atoms with van der Waals surface area (Å²) in [4.78, 5) is 8.20. The van der Waals surface area contributed by atoms with Crippen molar-refractivity contribution in [1.82, 2.24) is 15.0 Å². The molecule has 1 saturated heterocycles. The van der Waals surface area contributed by atoms with Crippen molar-refractivity contribution in [2.45, 2.75) is 45.2 Å². The Bertz CT molecular complexity index is 348. The van der Waals surface area contributed by atoms with E-state index in [0.717, 1.165) is 0 Å². The Morgan fingerprint density at radius 3 is 2.50 bits per heavy atom. The van der Waals surface area contributed by atoms with Crippen LogP contribution >= 0.6 is 11.6 Å². The molecule has 0 aromatic carbocycles. The first-order valence-corrected chi connectivity index (χ1v) is 6.08. The van der Waals surface area contributed by atoms with Crippen molar-refractivity contribution in [2.24, 2.45) is 0 Å². The quantitative estimate of drug-likeness (QED) is 0.863. The summed E-state index contributed by atoms with van der Waals surface area (Å²) in [6, 6.07) is 1.00. The van der Waals surface area contributed by atoms with Crippen LogP contribution in [0.1, 0.15) is 33.1 Å². The van der Waals surface area contributed by atoms with Gasteiger partial charge in [-0.1, -0.05) is 18.0 Å². The highest BCUT2D eigenvalue weighted by Crippen LogP contribution is 2.24. The minimum atomic E-state index is 0.424. The highest BCUT2D eigenvalue weighted by Gasteiger charge is 2.25. The van der Waals surface area contributed by atoms with Gasteiger partial charge in [0.1, 0.15) is 0 Å². The standard InChI is InChI=1S/C11H17ClN4/c1-8-4-3-5-9(2)16(8)15-11-10(12)13-6-7-14-11/h6-9H,3-5H2,1-2H3,(H,14,15). The first-order chi connectivity index (χ1) is 7.68. The molecular formula is C11H17ClN4. The van der Waals surface area contributed by atoms with Gasteiger partial charge in [-0.3, -0.25) is 0 Å². The van der Waals surface area contributed by atoms with E-state index in [1.165, 1.54) is 19.3 Å². The molecule has 1 aromatic rings. The molecule has 1 aliphatic heterocycles. The van der Waals surface area contributed by atoms with E-state index in [1.54, 1.807) is 12.4 Å². The van der Waals surface area contributed by atoms with Crippen LogP contribution in [0.25, 0.3) is 0 Å². The van der Waals surface area contributed by atoms with Gasteiger partial charge in [0.15, 0.2) is 11.0 Å². The zero-order valence-electron chi connectivity index (χ0n) is 9.65. The highest BCUT2D eigenvalue weighted by atomic mass is 35.5. The van der Waals surface area contributed by atoms with Crippen LogP contribution in [0.5, 0.6) is 0 Å². The number of rotatable bonds is 2. The largest absolute Gasteiger partial charge is 0.300 e. The topological polar surface area (TPSA) is 41.0 Å². The second kappa shape index (κ2) is 4.97. The molecule has 1 aromatic heterocycles. The van der Waals surface area contributed by atoms with E-state index in [9.17, 15) is 0 Å². The maximum atomic E-state index is 5.98. The third-order valence-electron chi connectivity index (χ3n) is 3.08. The van der Waals surface area contributed by atoms with Crippen LogP contribution in [-0.2, 0) is 0 Å². The number of halogens is 1. The summed E-state index contributed by atoms with van der Waals surface area (Å²) in [6.07, 6.45) is 6.93. The number of piperidine rings is 1. The lowest BCUT2D eigenvalue weighted by atomic mass is 10.00. The average molecular weight is 241 g/mol. The number of hydrogen-bond donors (Lipinski definition) is 1. The molecule has 2 heterocycles. The van der Waals surface area contributed by atoms with Crippen LogP contribution < -0.4 is 5.43 Å². The first kappa shape index (κ1) is 11.6. The molecule has 0 radical (unpaired) electrons. The summed E-state index contributed by atoms with van der Waals surface area (Å²) < 4.78 is 0. The van der Waals surface area contributed by atoms with Crippen LogP contribution in [-0.4, -0.2) is 27.1 Å². The van der Waals surface area contributed by atoms with E-state index in [4.69, 9.17) is 11.6 Å². The van der Waals surface area contributed by atoms with Crippen molar-refractivity contribution in [3.63, 3.8) is 0 Å². The number of hydrazine groups is 1. The summed E-state index contributed by atoms with van der Waals surface area (Å²) in [5.74, 6) is 0.643. The molecule has 0 spiro atoms. The van der Waals surface area contributed by atoms with Crippen LogP contribution in [0.3, 0.4) is 0 Å². The van der Waals surface area contributed by atoms with Gasteiger partial charge in [-0.15, -0.1) is 0 Å². The van der Waals surface area contributed by atoms with Gasteiger partial charge in [0.25, 0.3) is 0 Å². The normalized spacial score (nSPS) is 26.7. The van der Waals surface area contributed by atoms with Crippen molar-refractivity contribution in [3.05, 3.63) is 17.5 Å². The van der Waals surface area contributed by atoms with Crippen LogP contribution in [0.4, 0.5) is 5.82 Å². The molecule has 0 saturated carbocycles. The maximum Gasteiger partial charge on any atom is 0.178 e. The van der Waals surface area contributed by atoms with E-state index >= 15 is 0 Å². The number of nitrogens with zero attached hydrogens (tertiary/aromatic N) is 3. The van der Waals surface area contributed by atoms with E-state index < -0.39 is 0 Å². The molecule has 1 fully saturated rings. The van der Waals surface area contributed by atoms with Crippen molar-refractivity contribution in [3.8, 4) is 0 Å². The van der Waals surface area contributed by atoms with Gasteiger partial charge >= 0.3 is 0 Å². The fraction of sp³-hybridized carbons (Fsp3) is 0.636. The molecule has 0 aliphatic carbocycles. The molecular weight excluding hydrogens is 224 g/mol. The zero-order valence-corrected chi connectivity index (χ0v) is 10.4. The minimum Gasteiger partial charge on any atom is -0.300 e. The first-order valence-electron chi connectivity index (χ1n) is 5.70. The van der Waals surface area contributed by atoms with Crippen molar-refractivity contribution < 1.29 is 0 Å². The lowest BCUT2D eigenvalue weighted by Crippen LogP contribution is -2.47. The van der Waals surface area contributed by atoms with E-state index in [1.807, 2.05) is 0 Å². The minimum absolute atomic E-state index is 0.424. The fourth-order valence-corrected chi connectivity index (χ4v) is 2.31. The Kier molecular flexibility index (Phi) is 3.61. The number of hydrogen-bond acceptors (Lipinski definition) is 4. The monoisotopic (exact) mass is 240 g/mol. The SMILES string of the molecule is CC1CCCC(C)N1Nc1nccnc1Cl. The van der Waals surface area contributed by atoms with Gasteiger partial charge in [-0.25, -0.2) is 15.0 Å². The van der Waals surface area contributed by atoms with Gasteiger partial charge in [-0.05, 0) is 26.7 Å². The Balaban J connectivity index is 2.11. The third-order valence-corrected chi connectivity index (χ3v) is 3.36. The molecule has 2 unspecified atom stereocenters. The molecule has 88 valence electrons. The van der Waals surface area contributed by atoms with Crippen molar-refractivity contribution in [2.75, 3.05) is 5.43 Å². The van der Waals surface area contributed by atoms with Crippen LogP contribution in [0.2, 0.25) is 5.15 Å². The van der Waals surface area contributed by atoms with Gasteiger partial charge in [0, 0.05) is 24.5 Å². The number of aromatic nitrogens is 2. The Hall–Kier alpha value is -0.870. The zero-order chi connectivity index (χ0) is 11.5. The summed E-state index contributed by atoms with van der Waals surface area (Å²) in [5, 5.41) is 2.65. The van der Waals surface area contributed by atoms with E-state index in [-0.39, 0.29) is 0 Å². The maximum absolute atomic E-state index is 5.98. The molecule has 1 N–H and O–H groups in total. The second-order valence-electron chi connectivity index (χ2n) is 4.34. The summed E-state index contributed by atoms with van der Waals surface area (Å²) in [5.41, 5.74) is 3.28. The van der Waals surface area contributed by atoms with E-state index in [0.29, 0.717) is 23.1 Å². The number of anilines is 1. The number of nitrogens with one attached hydrogen (secondary N) is 1. The fourth-order valence-electron chi connectivity index (χ4n) is 2.16. The molecule has 0 amide bonds. The summed E-state index contributed by atoms with van der Waals surface area (Å²) in [6.45, 7) is 4.43. The molecule has 2 rings (SSSR count). The smallest absolute Gasteiger partial charge is 0.178 e. The molecule has 5 heteroatoms. The second-order valence-corrected chi connectivity index (χ2v) is 4.70. The molecule has 16 heavy (non-hydrogen) atoms. The lowest BCUT2D eigenvalue weighted by molar-refractivity contribution is 0.135. The third kappa shape index (κ3) is 2.44. The summed E-state index contributed by atoms with van der Waals surface area (Å²) in [7, 11) is 0. The lowest BCUT2D eigenvalue weighted by Gasteiger charge is -2.39. The van der Waals surface area contributed by atoms with Gasteiger partial charge in [0.05, 0.1) is 0 Å². The van der Waals surface area contributed by atoms with E-state index in [2.05, 4.69) is 34.3 Å². The van der Waals surface area contributed by atoms with Gasteiger partial charge in [0.2, 0.25) is 0 Å². The average Bonchev–Trinajstić information content (AvgIpc) is 2.26. The molecule has 0 bridgehead atoms. The van der Waals surface area contributed by atoms with Crippen LogP contribution in [0.15, 0.2) is 12.4 Å². The predicted molar refractivity (Wildman–Crippen MR) is 65.3 cm³/mol. The summed E-state index contributed by atoms with van der Waals surface area (Å²) >= 11 is 5.98. The van der Waals surface area contributed by atoms with Crippen molar-refractivity contribution >= 4 is 17.4 Å². The molecule has 4 nitrogen and oxygen atoms in total. The van der Waals surface area contributed by atoms with Gasteiger partial charge < -0.3 is 5.43 Å². The molecule has 1 aliphatic rings. The molecule has 2 atom stereocenters.